The minimum absolute atomic E-state index is 0.0173. The summed E-state index contributed by atoms with van der Waals surface area (Å²) in [5.41, 5.74) is 0.654. The maximum atomic E-state index is 11.7. The third-order valence-electron chi connectivity index (χ3n) is 2.63. The molecule has 5 heteroatoms. The van der Waals surface area contributed by atoms with Crippen LogP contribution >= 0.6 is 0 Å². The zero-order chi connectivity index (χ0) is 11.9. The highest BCUT2D eigenvalue weighted by Crippen LogP contribution is 2.27. The van der Waals surface area contributed by atoms with Crippen molar-refractivity contribution in [3.05, 3.63) is 11.3 Å². The average Bonchev–Trinajstić information content (AvgIpc) is 2.47. The van der Waals surface area contributed by atoms with Crippen LogP contribution in [-0.4, -0.2) is 23.8 Å². The summed E-state index contributed by atoms with van der Waals surface area (Å²) in [5, 5.41) is 3.09. The fraction of sp³-hybridized carbons (Fsp3) is 0.636. The minimum Gasteiger partial charge on any atom is -0.419 e. The molecule has 88 valence electrons. The lowest BCUT2D eigenvalue weighted by Crippen LogP contribution is -2.43. The van der Waals surface area contributed by atoms with Crippen molar-refractivity contribution in [2.75, 3.05) is 0 Å². The number of carbonyl (C=O) groups is 2. The Morgan fingerprint density at radius 1 is 1.25 bits per heavy atom. The highest BCUT2D eigenvalue weighted by atomic mass is 16.7. The molecule has 1 N–H and O–H groups in total. The fourth-order valence-corrected chi connectivity index (χ4v) is 1.90. The summed E-state index contributed by atoms with van der Waals surface area (Å²) in [5.74, 6) is -2.36. The summed E-state index contributed by atoms with van der Waals surface area (Å²) in [6.07, 6.45) is 1.59. The number of carbonyl (C=O) groups excluding carboxylic acids is 2. The first-order valence-electron chi connectivity index (χ1n) is 5.35. The first-order valence-corrected chi connectivity index (χ1v) is 5.35. The lowest BCUT2D eigenvalue weighted by molar-refractivity contribution is -0.222. The summed E-state index contributed by atoms with van der Waals surface area (Å²) in [6, 6.07) is 0.276. The molecule has 0 spiro atoms. The Labute approximate surface area is 93.8 Å². The molecule has 2 fully saturated rings. The van der Waals surface area contributed by atoms with E-state index in [0.717, 1.165) is 6.42 Å². The Hall–Kier alpha value is -1.52. The lowest BCUT2D eigenvalue weighted by atomic mass is 10.1. The van der Waals surface area contributed by atoms with E-state index in [4.69, 9.17) is 9.47 Å². The summed E-state index contributed by atoms with van der Waals surface area (Å²) >= 11 is 0. The van der Waals surface area contributed by atoms with Gasteiger partial charge in [0.25, 0.3) is 5.79 Å². The standard InChI is InChI=1S/C11H15NO4/c1-6-4-5-7(12-6)8-9(13)15-11(2,3)16-10(8)14/h6,12H,4-5H2,1-3H3. The first-order chi connectivity index (χ1) is 7.39. The molecule has 1 atom stereocenters. The van der Waals surface area contributed by atoms with Gasteiger partial charge < -0.3 is 14.8 Å². The van der Waals surface area contributed by atoms with Gasteiger partial charge in [-0.1, -0.05) is 0 Å². The van der Waals surface area contributed by atoms with Crippen molar-refractivity contribution >= 4 is 11.9 Å². The van der Waals surface area contributed by atoms with E-state index in [1.54, 1.807) is 0 Å². The van der Waals surface area contributed by atoms with Crippen LogP contribution in [0, 0.1) is 0 Å². The molecular formula is C11H15NO4. The van der Waals surface area contributed by atoms with Gasteiger partial charge in [-0.15, -0.1) is 0 Å². The van der Waals surface area contributed by atoms with Gasteiger partial charge >= 0.3 is 11.9 Å². The van der Waals surface area contributed by atoms with E-state index >= 15 is 0 Å². The zero-order valence-corrected chi connectivity index (χ0v) is 9.62. The number of nitrogens with one attached hydrogen (secondary N) is 1. The van der Waals surface area contributed by atoms with Gasteiger partial charge in [0.05, 0.1) is 0 Å². The van der Waals surface area contributed by atoms with Gasteiger partial charge in [-0.05, 0) is 19.8 Å². The van der Waals surface area contributed by atoms with Crippen LogP contribution in [0.4, 0.5) is 0 Å². The molecule has 0 amide bonds. The van der Waals surface area contributed by atoms with Gasteiger partial charge in [-0.2, -0.15) is 0 Å². The van der Waals surface area contributed by atoms with Crippen molar-refractivity contribution in [1.82, 2.24) is 5.32 Å². The summed E-state index contributed by atoms with van der Waals surface area (Å²) in [4.78, 5) is 23.4. The maximum Gasteiger partial charge on any atom is 0.350 e. The van der Waals surface area contributed by atoms with Gasteiger partial charge in [-0.25, -0.2) is 9.59 Å². The van der Waals surface area contributed by atoms with Crippen LogP contribution in [0.5, 0.6) is 0 Å². The lowest BCUT2D eigenvalue weighted by Gasteiger charge is -2.30. The van der Waals surface area contributed by atoms with E-state index in [2.05, 4.69) is 5.32 Å². The maximum absolute atomic E-state index is 11.7. The molecule has 16 heavy (non-hydrogen) atoms. The minimum atomic E-state index is -1.16. The number of cyclic esters (lactones) is 2. The fourth-order valence-electron chi connectivity index (χ4n) is 1.90. The quantitative estimate of drug-likeness (QED) is 0.376. The molecule has 0 aromatic heterocycles. The van der Waals surface area contributed by atoms with Gasteiger partial charge in [0.2, 0.25) is 0 Å². The molecule has 0 radical (unpaired) electrons. The molecule has 5 nitrogen and oxygen atoms in total. The van der Waals surface area contributed by atoms with Crippen LogP contribution in [0.1, 0.15) is 33.6 Å². The summed E-state index contributed by atoms with van der Waals surface area (Å²) in [6.45, 7) is 5.07. The zero-order valence-electron chi connectivity index (χ0n) is 9.62. The molecule has 2 saturated heterocycles. The van der Waals surface area contributed by atoms with Crippen LogP contribution in [0.3, 0.4) is 0 Å². The van der Waals surface area contributed by atoms with Crippen molar-refractivity contribution < 1.29 is 19.1 Å². The smallest absolute Gasteiger partial charge is 0.350 e. The highest BCUT2D eigenvalue weighted by molar-refractivity contribution is 6.16. The Bertz CT molecular complexity index is 361. The molecule has 2 rings (SSSR count). The second kappa shape index (κ2) is 3.50. The molecule has 0 bridgehead atoms. The molecule has 0 aromatic rings. The van der Waals surface area contributed by atoms with Crippen molar-refractivity contribution in [3.8, 4) is 0 Å². The van der Waals surface area contributed by atoms with Crippen molar-refractivity contribution in [3.63, 3.8) is 0 Å². The second-order valence-corrected chi connectivity index (χ2v) is 4.62. The van der Waals surface area contributed by atoms with Crippen molar-refractivity contribution in [2.45, 2.75) is 45.4 Å². The molecule has 0 saturated carbocycles. The van der Waals surface area contributed by atoms with E-state index in [1.165, 1.54) is 13.8 Å². The molecule has 1 unspecified atom stereocenters. The molecule has 2 aliphatic heterocycles. The average molecular weight is 225 g/mol. The highest BCUT2D eigenvalue weighted by Gasteiger charge is 2.41. The molecule has 0 aliphatic carbocycles. The van der Waals surface area contributed by atoms with E-state index in [1.807, 2.05) is 6.92 Å². The molecule has 2 heterocycles. The first kappa shape index (κ1) is 11.0. The number of hydrogen-bond acceptors (Lipinski definition) is 5. The molecule has 2 aliphatic rings. The number of esters is 2. The summed E-state index contributed by atoms with van der Waals surface area (Å²) < 4.78 is 10.0. The SMILES string of the molecule is CC1CCC(=C2C(=O)OC(C)(C)OC2=O)N1. The Balaban J connectivity index is 2.30. The van der Waals surface area contributed by atoms with Gasteiger partial charge in [0, 0.05) is 25.6 Å². The van der Waals surface area contributed by atoms with E-state index in [-0.39, 0.29) is 11.6 Å². The van der Waals surface area contributed by atoms with Crippen LogP contribution < -0.4 is 5.32 Å². The van der Waals surface area contributed by atoms with Crippen molar-refractivity contribution in [1.29, 1.82) is 0 Å². The van der Waals surface area contributed by atoms with Gasteiger partial charge in [0.1, 0.15) is 0 Å². The largest absolute Gasteiger partial charge is 0.419 e. The topological polar surface area (TPSA) is 64.6 Å². The number of ether oxygens (including phenoxy) is 2. The second-order valence-electron chi connectivity index (χ2n) is 4.62. The predicted octanol–water partition coefficient (Wildman–Crippen LogP) is 0.848. The van der Waals surface area contributed by atoms with Crippen molar-refractivity contribution in [2.24, 2.45) is 0 Å². The number of allylic oxidation sites excluding steroid dienone is 1. The third kappa shape index (κ3) is 1.89. The van der Waals surface area contributed by atoms with Crippen LogP contribution in [0.25, 0.3) is 0 Å². The predicted molar refractivity (Wildman–Crippen MR) is 55.1 cm³/mol. The van der Waals surface area contributed by atoms with Gasteiger partial charge in [0.15, 0.2) is 5.57 Å². The van der Waals surface area contributed by atoms with Gasteiger partial charge in [-0.3, -0.25) is 0 Å². The monoisotopic (exact) mass is 225 g/mol. The van der Waals surface area contributed by atoms with Crippen LogP contribution in [0.2, 0.25) is 0 Å². The Kier molecular flexibility index (Phi) is 2.40. The van der Waals surface area contributed by atoms with E-state index < -0.39 is 17.7 Å². The Morgan fingerprint density at radius 3 is 2.25 bits per heavy atom. The Morgan fingerprint density at radius 2 is 1.81 bits per heavy atom. The van der Waals surface area contributed by atoms with E-state index in [0.29, 0.717) is 12.1 Å². The molecule has 0 aromatic carbocycles. The molecular weight excluding hydrogens is 210 g/mol. The van der Waals surface area contributed by atoms with E-state index in [9.17, 15) is 9.59 Å². The normalized spacial score (nSPS) is 28.6. The third-order valence-corrected chi connectivity index (χ3v) is 2.63. The number of rotatable bonds is 0. The summed E-state index contributed by atoms with van der Waals surface area (Å²) in [7, 11) is 0. The van der Waals surface area contributed by atoms with Crippen LogP contribution in [-0.2, 0) is 19.1 Å². The number of hydrogen-bond donors (Lipinski definition) is 1. The van der Waals surface area contributed by atoms with Crippen LogP contribution in [0.15, 0.2) is 11.3 Å².